The number of halogens is 1. The summed E-state index contributed by atoms with van der Waals surface area (Å²) in [6.45, 7) is 3.07. The highest BCUT2D eigenvalue weighted by atomic mass is 79.9. The molecule has 3 nitrogen and oxygen atoms in total. The van der Waals surface area contributed by atoms with Crippen molar-refractivity contribution in [3.8, 4) is 11.5 Å². The Hall–Kier alpha value is -0.740. The molecule has 0 radical (unpaired) electrons. The first kappa shape index (κ1) is 9.80. The number of ether oxygens (including phenoxy) is 2. The maximum atomic E-state index is 9.17. The Morgan fingerprint density at radius 2 is 2.14 bits per heavy atom. The van der Waals surface area contributed by atoms with Gasteiger partial charge in [0.25, 0.3) is 0 Å². The van der Waals surface area contributed by atoms with Crippen molar-refractivity contribution in [3.05, 3.63) is 21.7 Å². The summed E-state index contributed by atoms with van der Waals surface area (Å²) in [6.07, 6.45) is 0. The molecule has 0 spiro atoms. The number of hydrogen-bond donors (Lipinski definition) is 1. The summed E-state index contributed by atoms with van der Waals surface area (Å²) in [5.41, 5.74) is 1.80. The van der Waals surface area contributed by atoms with Crippen LogP contribution in [0.1, 0.15) is 11.1 Å². The third-order valence-corrected chi connectivity index (χ3v) is 3.02. The highest BCUT2D eigenvalue weighted by Gasteiger charge is 2.18. The summed E-state index contributed by atoms with van der Waals surface area (Å²) in [6, 6.07) is 1.84. The molecule has 1 aromatic rings. The van der Waals surface area contributed by atoms with Gasteiger partial charge in [0.15, 0.2) is 11.5 Å². The Labute approximate surface area is 90.8 Å². The molecule has 1 aliphatic heterocycles. The average Bonchev–Trinajstić information content (AvgIpc) is 2.18. The topological polar surface area (TPSA) is 38.7 Å². The monoisotopic (exact) mass is 258 g/mol. The first-order valence-electron chi connectivity index (χ1n) is 4.42. The van der Waals surface area contributed by atoms with Gasteiger partial charge in [-0.25, -0.2) is 0 Å². The van der Waals surface area contributed by atoms with Gasteiger partial charge in [-0.3, -0.25) is 0 Å². The van der Waals surface area contributed by atoms with Crippen LogP contribution in [0, 0.1) is 6.92 Å². The van der Waals surface area contributed by atoms with Crippen molar-refractivity contribution in [1.82, 2.24) is 0 Å². The van der Waals surface area contributed by atoms with E-state index in [2.05, 4.69) is 15.9 Å². The third-order valence-electron chi connectivity index (χ3n) is 2.31. The van der Waals surface area contributed by atoms with Crippen LogP contribution in [0.5, 0.6) is 11.5 Å². The Balaban J connectivity index is 2.57. The minimum absolute atomic E-state index is 0.00303. The first-order chi connectivity index (χ1) is 6.74. The predicted octanol–water partition coefficient (Wildman–Crippen LogP) is 2.02. The van der Waals surface area contributed by atoms with Gasteiger partial charge in [-0.1, -0.05) is 15.9 Å². The lowest BCUT2D eigenvalue weighted by Crippen LogP contribution is -2.16. The summed E-state index contributed by atoms with van der Waals surface area (Å²) in [5.74, 6) is 1.50. The summed E-state index contributed by atoms with van der Waals surface area (Å²) in [7, 11) is 0. The van der Waals surface area contributed by atoms with Crippen molar-refractivity contribution in [2.45, 2.75) is 13.5 Å². The molecule has 1 heterocycles. The van der Waals surface area contributed by atoms with Gasteiger partial charge in [-0.05, 0) is 18.6 Å². The molecule has 1 aliphatic rings. The molecule has 76 valence electrons. The molecule has 0 unspecified atom stereocenters. The number of rotatable bonds is 1. The molecule has 0 bridgehead atoms. The van der Waals surface area contributed by atoms with Crippen molar-refractivity contribution in [2.24, 2.45) is 0 Å². The van der Waals surface area contributed by atoms with E-state index in [9.17, 15) is 5.11 Å². The average molecular weight is 259 g/mol. The summed E-state index contributed by atoms with van der Waals surface area (Å²) in [4.78, 5) is 0. The van der Waals surface area contributed by atoms with Crippen molar-refractivity contribution in [1.29, 1.82) is 0 Å². The van der Waals surface area contributed by atoms with Crippen LogP contribution in [-0.2, 0) is 6.61 Å². The molecule has 0 atom stereocenters. The van der Waals surface area contributed by atoms with E-state index in [0.717, 1.165) is 27.1 Å². The molecule has 0 aliphatic carbocycles. The molecule has 0 saturated heterocycles. The number of benzene rings is 1. The van der Waals surface area contributed by atoms with E-state index in [-0.39, 0.29) is 6.61 Å². The maximum absolute atomic E-state index is 9.17. The maximum Gasteiger partial charge on any atom is 0.164 e. The highest BCUT2D eigenvalue weighted by Crippen LogP contribution is 2.39. The smallest absolute Gasteiger partial charge is 0.164 e. The fourth-order valence-corrected chi connectivity index (χ4v) is 2.18. The molecule has 4 heteroatoms. The van der Waals surface area contributed by atoms with Crippen LogP contribution in [0.3, 0.4) is 0 Å². The Morgan fingerprint density at radius 3 is 2.86 bits per heavy atom. The van der Waals surface area contributed by atoms with Gasteiger partial charge in [0.05, 0.1) is 6.61 Å². The van der Waals surface area contributed by atoms with Crippen molar-refractivity contribution in [3.63, 3.8) is 0 Å². The van der Waals surface area contributed by atoms with Crippen molar-refractivity contribution in [2.75, 3.05) is 13.2 Å². The Kier molecular flexibility index (Phi) is 2.65. The van der Waals surface area contributed by atoms with Gasteiger partial charge in [0, 0.05) is 10.0 Å². The number of aliphatic hydroxyl groups is 1. The molecule has 1 N–H and O–H groups in total. The minimum Gasteiger partial charge on any atom is -0.486 e. The van der Waals surface area contributed by atoms with Gasteiger partial charge in [0.1, 0.15) is 13.2 Å². The zero-order valence-electron chi connectivity index (χ0n) is 7.84. The van der Waals surface area contributed by atoms with E-state index < -0.39 is 0 Å². The quantitative estimate of drug-likeness (QED) is 0.838. The second kappa shape index (κ2) is 3.79. The van der Waals surface area contributed by atoms with E-state index in [1.165, 1.54) is 0 Å². The molecular formula is C10H11BrO3. The standard InChI is InChI=1S/C10H11BrO3/c1-6-7(5-12)8(11)4-9-10(6)14-3-2-13-9/h4,12H,2-3,5H2,1H3. The van der Waals surface area contributed by atoms with Gasteiger partial charge in [-0.15, -0.1) is 0 Å². The first-order valence-corrected chi connectivity index (χ1v) is 5.21. The molecule has 0 saturated carbocycles. The van der Waals surface area contributed by atoms with Crippen LogP contribution in [0.2, 0.25) is 0 Å². The van der Waals surface area contributed by atoms with E-state index in [1.807, 2.05) is 13.0 Å². The van der Waals surface area contributed by atoms with Gasteiger partial charge in [0.2, 0.25) is 0 Å². The lowest BCUT2D eigenvalue weighted by atomic mass is 10.1. The van der Waals surface area contributed by atoms with E-state index in [0.29, 0.717) is 13.2 Å². The fourth-order valence-electron chi connectivity index (χ4n) is 1.54. The van der Waals surface area contributed by atoms with Crippen LogP contribution in [0.4, 0.5) is 0 Å². The van der Waals surface area contributed by atoms with Gasteiger partial charge in [-0.2, -0.15) is 0 Å². The second-order valence-electron chi connectivity index (χ2n) is 3.14. The van der Waals surface area contributed by atoms with Gasteiger partial charge >= 0.3 is 0 Å². The van der Waals surface area contributed by atoms with E-state index in [1.54, 1.807) is 0 Å². The second-order valence-corrected chi connectivity index (χ2v) is 4.00. The fraction of sp³-hybridized carbons (Fsp3) is 0.400. The lowest BCUT2D eigenvalue weighted by Gasteiger charge is -2.22. The number of hydrogen-bond acceptors (Lipinski definition) is 3. The zero-order valence-corrected chi connectivity index (χ0v) is 9.43. The molecular weight excluding hydrogens is 248 g/mol. The van der Waals surface area contributed by atoms with Gasteiger partial charge < -0.3 is 14.6 Å². The Morgan fingerprint density at radius 1 is 1.43 bits per heavy atom. The molecule has 0 fully saturated rings. The van der Waals surface area contributed by atoms with Crippen molar-refractivity contribution < 1.29 is 14.6 Å². The molecule has 1 aromatic carbocycles. The van der Waals surface area contributed by atoms with E-state index >= 15 is 0 Å². The van der Waals surface area contributed by atoms with E-state index in [4.69, 9.17) is 9.47 Å². The minimum atomic E-state index is 0.00303. The highest BCUT2D eigenvalue weighted by molar-refractivity contribution is 9.10. The van der Waals surface area contributed by atoms with Crippen molar-refractivity contribution >= 4 is 15.9 Å². The van der Waals surface area contributed by atoms with Crippen LogP contribution in [0.15, 0.2) is 10.5 Å². The normalized spacial score (nSPS) is 14.2. The molecule has 2 rings (SSSR count). The lowest BCUT2D eigenvalue weighted by molar-refractivity contribution is 0.169. The summed E-state index contributed by atoms with van der Waals surface area (Å²) >= 11 is 3.39. The molecule has 0 amide bonds. The summed E-state index contributed by atoms with van der Waals surface area (Å²) in [5, 5.41) is 9.17. The number of fused-ring (bicyclic) bond motifs is 1. The Bertz CT molecular complexity index is 363. The largest absolute Gasteiger partial charge is 0.486 e. The third kappa shape index (κ3) is 1.48. The number of aliphatic hydroxyl groups excluding tert-OH is 1. The predicted molar refractivity (Wildman–Crippen MR) is 55.8 cm³/mol. The van der Waals surface area contributed by atoms with Crippen LogP contribution in [-0.4, -0.2) is 18.3 Å². The van der Waals surface area contributed by atoms with Crippen LogP contribution in [0.25, 0.3) is 0 Å². The zero-order chi connectivity index (χ0) is 10.1. The molecule has 14 heavy (non-hydrogen) atoms. The van der Waals surface area contributed by atoms with Crippen LogP contribution >= 0.6 is 15.9 Å². The SMILES string of the molecule is Cc1c(CO)c(Br)cc2c1OCCO2. The van der Waals surface area contributed by atoms with Crippen LogP contribution < -0.4 is 9.47 Å². The molecule has 0 aromatic heterocycles. The summed E-state index contributed by atoms with van der Waals surface area (Å²) < 4.78 is 11.8.